The molecule has 0 aromatic carbocycles. The lowest BCUT2D eigenvalue weighted by molar-refractivity contribution is -0.305. The van der Waals surface area contributed by atoms with Crippen LogP contribution in [-0.2, 0) is 9.68 Å². The molecule has 0 fully saturated rings. The Morgan fingerprint density at radius 1 is 1.23 bits per heavy atom. The largest absolute Gasteiger partial charge is 0.330 e. The molecule has 0 heterocycles. The monoisotopic (exact) mass is 206 g/mol. The van der Waals surface area contributed by atoms with Crippen LogP contribution in [0.3, 0.4) is 0 Å². The third kappa shape index (κ3) is 6.17. The normalized spacial score (nSPS) is 13.6. The van der Waals surface area contributed by atoms with E-state index in [0.717, 1.165) is 19.0 Å². The van der Waals surface area contributed by atoms with Crippen molar-refractivity contribution in [2.24, 2.45) is 5.73 Å². The van der Waals surface area contributed by atoms with Crippen molar-refractivity contribution in [2.75, 3.05) is 19.8 Å². The molecule has 5 heteroatoms. The van der Waals surface area contributed by atoms with Crippen molar-refractivity contribution < 1.29 is 9.68 Å². The Bertz CT molecular complexity index is 110. The summed E-state index contributed by atoms with van der Waals surface area (Å²) in [5.41, 5.74) is 5.45. The molecular formula is C8H22N2O2Si. The Hall–Kier alpha value is 0.0569. The molecule has 1 unspecified atom stereocenters. The Kier molecular flexibility index (Phi) is 8.68. The van der Waals surface area contributed by atoms with Crippen molar-refractivity contribution >= 4 is 8.96 Å². The van der Waals surface area contributed by atoms with Crippen LogP contribution in [-0.4, -0.2) is 33.6 Å². The molecule has 0 saturated carbocycles. The number of nitrogens with two attached hydrogens (primary N) is 1. The van der Waals surface area contributed by atoms with Gasteiger partial charge in [-0.25, -0.2) is 0 Å². The standard InChI is InChI=1S/C8H22N2O2Si/c1-4-11-10(12-5-2)13(3)8-6-7-9/h13H,4-9H2,1-3H3. The van der Waals surface area contributed by atoms with Gasteiger partial charge >= 0.3 is 0 Å². The van der Waals surface area contributed by atoms with E-state index in [2.05, 4.69) is 6.55 Å². The lowest BCUT2D eigenvalue weighted by atomic mass is 10.5. The first-order valence-electron chi connectivity index (χ1n) is 5.01. The maximum atomic E-state index is 5.45. The second-order valence-corrected chi connectivity index (χ2v) is 5.60. The van der Waals surface area contributed by atoms with Gasteiger partial charge in [-0.3, -0.25) is 9.68 Å². The first-order valence-corrected chi connectivity index (χ1v) is 7.50. The summed E-state index contributed by atoms with van der Waals surface area (Å²) in [7, 11) is -1.06. The first-order chi connectivity index (χ1) is 6.26. The maximum Gasteiger partial charge on any atom is 0.179 e. The van der Waals surface area contributed by atoms with Gasteiger partial charge < -0.3 is 5.73 Å². The van der Waals surface area contributed by atoms with Gasteiger partial charge in [0, 0.05) is 0 Å². The molecule has 0 aliphatic heterocycles. The van der Waals surface area contributed by atoms with Gasteiger partial charge in [0.15, 0.2) is 8.96 Å². The summed E-state index contributed by atoms with van der Waals surface area (Å²) < 4.78 is 0. The highest BCUT2D eigenvalue weighted by Gasteiger charge is 2.15. The van der Waals surface area contributed by atoms with Gasteiger partial charge in [-0.2, -0.15) is 0 Å². The van der Waals surface area contributed by atoms with Crippen LogP contribution in [0.25, 0.3) is 0 Å². The van der Waals surface area contributed by atoms with Crippen LogP contribution in [0.1, 0.15) is 20.3 Å². The van der Waals surface area contributed by atoms with Gasteiger partial charge in [-0.15, -0.1) is 4.89 Å². The predicted molar refractivity (Wildman–Crippen MR) is 56.6 cm³/mol. The Labute approximate surface area is 82.6 Å². The molecule has 1 atom stereocenters. The predicted octanol–water partition coefficient (Wildman–Crippen LogP) is 0.894. The van der Waals surface area contributed by atoms with E-state index in [-0.39, 0.29) is 0 Å². The summed E-state index contributed by atoms with van der Waals surface area (Å²) in [6.07, 6.45) is 1.06. The zero-order chi connectivity index (χ0) is 10.1. The molecule has 0 aromatic rings. The van der Waals surface area contributed by atoms with Crippen LogP contribution in [0.4, 0.5) is 0 Å². The third-order valence-electron chi connectivity index (χ3n) is 1.70. The van der Waals surface area contributed by atoms with Gasteiger partial charge in [-0.05, 0) is 32.9 Å². The zero-order valence-electron chi connectivity index (χ0n) is 8.95. The maximum absolute atomic E-state index is 5.45. The number of nitrogens with zero attached hydrogens (tertiary/aromatic N) is 1. The van der Waals surface area contributed by atoms with Crippen LogP contribution in [0.15, 0.2) is 0 Å². The average Bonchev–Trinajstić information content (AvgIpc) is 2.14. The Morgan fingerprint density at radius 3 is 2.15 bits per heavy atom. The molecule has 0 aromatic heterocycles. The van der Waals surface area contributed by atoms with Gasteiger partial charge in [0.2, 0.25) is 0 Å². The number of rotatable bonds is 8. The van der Waals surface area contributed by atoms with Gasteiger partial charge in [0.25, 0.3) is 0 Å². The quantitative estimate of drug-likeness (QED) is 0.473. The lowest BCUT2D eigenvalue weighted by Gasteiger charge is -2.25. The fraction of sp³-hybridized carbons (Fsp3) is 1.00. The Morgan fingerprint density at radius 2 is 1.77 bits per heavy atom. The number of hydrogen-bond donors (Lipinski definition) is 1. The summed E-state index contributed by atoms with van der Waals surface area (Å²) in [6.45, 7) is 8.23. The molecule has 2 N–H and O–H groups in total. The van der Waals surface area contributed by atoms with E-state index in [9.17, 15) is 0 Å². The van der Waals surface area contributed by atoms with E-state index < -0.39 is 8.96 Å². The van der Waals surface area contributed by atoms with Crippen LogP contribution in [0.2, 0.25) is 12.6 Å². The zero-order valence-corrected chi connectivity index (χ0v) is 10.1. The molecule has 4 nitrogen and oxygen atoms in total. The summed E-state index contributed by atoms with van der Waals surface area (Å²) >= 11 is 0. The molecule has 0 saturated heterocycles. The summed E-state index contributed by atoms with van der Waals surface area (Å²) in [5.74, 6) is 0. The van der Waals surface area contributed by atoms with Crippen LogP contribution in [0.5, 0.6) is 0 Å². The van der Waals surface area contributed by atoms with Crippen molar-refractivity contribution in [3.63, 3.8) is 0 Å². The highest BCUT2D eigenvalue weighted by atomic mass is 28.3. The minimum atomic E-state index is -1.06. The van der Waals surface area contributed by atoms with Crippen LogP contribution in [0, 0.1) is 0 Å². The second kappa shape index (κ2) is 8.65. The summed E-state index contributed by atoms with van der Waals surface area (Å²) in [5, 5.41) is 0. The van der Waals surface area contributed by atoms with E-state index in [1.807, 2.05) is 13.8 Å². The van der Waals surface area contributed by atoms with Crippen molar-refractivity contribution in [3.8, 4) is 0 Å². The molecular weight excluding hydrogens is 184 g/mol. The number of hydrogen-bond acceptors (Lipinski definition) is 4. The molecule has 0 aliphatic rings. The highest BCUT2D eigenvalue weighted by molar-refractivity contribution is 6.53. The van der Waals surface area contributed by atoms with Crippen molar-refractivity contribution in [2.45, 2.75) is 32.9 Å². The molecule has 0 aliphatic carbocycles. The fourth-order valence-corrected chi connectivity index (χ4v) is 2.91. The van der Waals surface area contributed by atoms with Gasteiger partial charge in [0.05, 0.1) is 13.2 Å². The third-order valence-corrected chi connectivity index (χ3v) is 3.96. The molecule has 0 bridgehead atoms. The molecule has 0 rings (SSSR count). The topological polar surface area (TPSA) is 47.7 Å². The minimum Gasteiger partial charge on any atom is -0.330 e. The second-order valence-electron chi connectivity index (χ2n) is 2.90. The van der Waals surface area contributed by atoms with E-state index in [4.69, 9.17) is 15.4 Å². The van der Waals surface area contributed by atoms with Crippen molar-refractivity contribution in [3.05, 3.63) is 0 Å². The average molecular weight is 206 g/mol. The Balaban J connectivity index is 3.72. The molecule has 0 spiro atoms. The first kappa shape index (κ1) is 13.1. The van der Waals surface area contributed by atoms with Crippen molar-refractivity contribution in [1.29, 1.82) is 0 Å². The summed E-state index contributed by atoms with van der Waals surface area (Å²) in [6, 6.07) is 1.14. The van der Waals surface area contributed by atoms with E-state index in [0.29, 0.717) is 13.2 Å². The minimum absolute atomic E-state index is 0.667. The van der Waals surface area contributed by atoms with Gasteiger partial charge in [0.1, 0.15) is 0 Å². The van der Waals surface area contributed by atoms with Crippen LogP contribution >= 0.6 is 0 Å². The molecule has 13 heavy (non-hydrogen) atoms. The summed E-state index contributed by atoms with van der Waals surface area (Å²) in [4.78, 5) is 12.5. The van der Waals surface area contributed by atoms with Gasteiger partial charge in [-0.1, -0.05) is 6.55 Å². The van der Waals surface area contributed by atoms with Crippen molar-refractivity contribution in [1.82, 2.24) is 4.89 Å². The van der Waals surface area contributed by atoms with E-state index >= 15 is 0 Å². The lowest BCUT2D eigenvalue weighted by Crippen LogP contribution is -2.37. The molecule has 0 amide bonds. The molecule has 0 radical (unpaired) electrons. The van der Waals surface area contributed by atoms with E-state index in [1.165, 1.54) is 0 Å². The smallest absolute Gasteiger partial charge is 0.179 e. The SMILES string of the molecule is CCON(OCC)[SiH](C)CCCN. The highest BCUT2D eigenvalue weighted by Crippen LogP contribution is 2.05. The van der Waals surface area contributed by atoms with E-state index in [1.54, 1.807) is 4.89 Å². The van der Waals surface area contributed by atoms with Crippen LogP contribution < -0.4 is 5.73 Å². The fourth-order valence-electron chi connectivity index (χ4n) is 1.06. The molecule has 80 valence electrons.